The first kappa shape index (κ1) is 16.1. The second-order valence-electron chi connectivity index (χ2n) is 5.48. The predicted octanol–water partition coefficient (Wildman–Crippen LogP) is 3.38. The monoisotopic (exact) mass is 324 g/mol. The Morgan fingerprint density at radius 2 is 1.96 bits per heavy atom. The van der Waals surface area contributed by atoms with E-state index >= 15 is 0 Å². The van der Waals surface area contributed by atoms with Gasteiger partial charge in [0.25, 0.3) is 0 Å². The standard InChI is InChI=1S/C19H20N2O3/c1-20-24-17(22)12-16(13-6-4-3-5-7-13)15-9-8-14-10-11-21-18(14)19(15)23-2/h3-11,16,20-21H,12H2,1-2H3. The van der Waals surface area contributed by atoms with Crippen LogP contribution in [0.5, 0.6) is 5.75 Å². The van der Waals surface area contributed by atoms with Crippen LogP contribution in [0.15, 0.2) is 54.7 Å². The van der Waals surface area contributed by atoms with E-state index in [0.29, 0.717) is 0 Å². The van der Waals surface area contributed by atoms with E-state index < -0.39 is 0 Å². The van der Waals surface area contributed by atoms with Gasteiger partial charge in [0.15, 0.2) is 0 Å². The topological polar surface area (TPSA) is 63.3 Å². The molecule has 2 N–H and O–H groups in total. The van der Waals surface area contributed by atoms with Crippen molar-refractivity contribution in [2.45, 2.75) is 12.3 Å². The summed E-state index contributed by atoms with van der Waals surface area (Å²) in [6.07, 6.45) is 2.09. The second kappa shape index (κ2) is 7.19. The highest BCUT2D eigenvalue weighted by molar-refractivity contribution is 5.87. The Hall–Kier alpha value is -2.79. The van der Waals surface area contributed by atoms with Gasteiger partial charge in [0.05, 0.1) is 19.0 Å². The van der Waals surface area contributed by atoms with E-state index in [9.17, 15) is 4.79 Å². The van der Waals surface area contributed by atoms with E-state index in [2.05, 4.69) is 10.5 Å². The quantitative estimate of drug-likeness (QED) is 0.682. The Labute approximate surface area is 140 Å². The van der Waals surface area contributed by atoms with Crippen molar-refractivity contribution in [1.82, 2.24) is 10.5 Å². The number of aromatic nitrogens is 1. The number of H-pyrrole nitrogens is 1. The molecule has 2 aromatic carbocycles. The zero-order valence-corrected chi connectivity index (χ0v) is 13.7. The van der Waals surface area contributed by atoms with Crippen LogP contribution in [-0.2, 0) is 9.63 Å². The fourth-order valence-electron chi connectivity index (χ4n) is 3.03. The molecule has 0 amide bonds. The Balaban J connectivity index is 2.09. The third kappa shape index (κ3) is 3.12. The maximum absolute atomic E-state index is 12.1. The number of hydrogen-bond acceptors (Lipinski definition) is 4. The van der Waals surface area contributed by atoms with E-state index in [0.717, 1.165) is 27.8 Å². The Morgan fingerprint density at radius 1 is 1.17 bits per heavy atom. The maximum atomic E-state index is 12.1. The largest absolute Gasteiger partial charge is 0.494 e. The molecule has 0 saturated carbocycles. The molecule has 3 rings (SSSR count). The number of ether oxygens (including phenoxy) is 1. The molecule has 1 heterocycles. The van der Waals surface area contributed by atoms with Gasteiger partial charge in [0.2, 0.25) is 0 Å². The number of carbonyl (C=O) groups is 1. The molecule has 1 atom stereocenters. The molecule has 0 spiro atoms. The lowest BCUT2D eigenvalue weighted by Crippen LogP contribution is -2.18. The van der Waals surface area contributed by atoms with E-state index in [1.807, 2.05) is 54.7 Å². The third-order valence-electron chi connectivity index (χ3n) is 4.08. The first-order valence-electron chi connectivity index (χ1n) is 7.80. The van der Waals surface area contributed by atoms with Crippen molar-refractivity contribution in [2.75, 3.05) is 14.2 Å². The van der Waals surface area contributed by atoms with Gasteiger partial charge in [-0.2, -0.15) is 5.48 Å². The van der Waals surface area contributed by atoms with Gasteiger partial charge in [-0.1, -0.05) is 42.5 Å². The van der Waals surface area contributed by atoms with Crippen molar-refractivity contribution < 1.29 is 14.4 Å². The van der Waals surface area contributed by atoms with Crippen LogP contribution in [0, 0.1) is 0 Å². The van der Waals surface area contributed by atoms with E-state index in [1.165, 1.54) is 0 Å². The summed E-state index contributed by atoms with van der Waals surface area (Å²) in [7, 11) is 3.22. The van der Waals surface area contributed by atoms with Crippen LogP contribution in [0.25, 0.3) is 10.9 Å². The van der Waals surface area contributed by atoms with Crippen molar-refractivity contribution in [3.63, 3.8) is 0 Å². The van der Waals surface area contributed by atoms with E-state index in [-0.39, 0.29) is 18.3 Å². The average Bonchev–Trinajstić information content (AvgIpc) is 3.08. The summed E-state index contributed by atoms with van der Waals surface area (Å²) in [5.41, 5.74) is 5.36. The SMILES string of the molecule is CNOC(=O)CC(c1ccccc1)c1ccc2cc[nH]c2c1OC. The highest BCUT2D eigenvalue weighted by Crippen LogP contribution is 2.38. The van der Waals surface area contributed by atoms with Gasteiger partial charge < -0.3 is 14.6 Å². The smallest absolute Gasteiger partial charge is 0.325 e. The molecule has 0 radical (unpaired) electrons. The van der Waals surface area contributed by atoms with Crippen LogP contribution in [0.1, 0.15) is 23.5 Å². The molecule has 0 aliphatic rings. The second-order valence-corrected chi connectivity index (χ2v) is 5.48. The molecule has 1 unspecified atom stereocenters. The zero-order valence-electron chi connectivity index (χ0n) is 13.7. The van der Waals surface area contributed by atoms with Crippen LogP contribution < -0.4 is 10.2 Å². The number of methoxy groups -OCH3 is 1. The number of carbonyl (C=O) groups excluding carboxylic acids is 1. The number of aromatic amines is 1. The summed E-state index contributed by atoms with van der Waals surface area (Å²) >= 11 is 0. The molecule has 3 aromatic rings. The normalized spacial score (nSPS) is 12.1. The van der Waals surface area contributed by atoms with Gasteiger partial charge in [-0.15, -0.1) is 0 Å². The Bertz CT molecular complexity index is 827. The molecular weight excluding hydrogens is 304 g/mol. The minimum absolute atomic E-state index is 0.158. The predicted molar refractivity (Wildman–Crippen MR) is 92.9 cm³/mol. The number of nitrogens with one attached hydrogen (secondary N) is 2. The molecule has 124 valence electrons. The first-order valence-corrected chi connectivity index (χ1v) is 7.80. The molecule has 1 aromatic heterocycles. The fraction of sp³-hybridized carbons (Fsp3) is 0.211. The van der Waals surface area contributed by atoms with Gasteiger partial charge in [0.1, 0.15) is 5.75 Å². The lowest BCUT2D eigenvalue weighted by molar-refractivity contribution is -0.150. The third-order valence-corrected chi connectivity index (χ3v) is 4.08. The van der Waals surface area contributed by atoms with E-state index in [1.54, 1.807) is 14.2 Å². The number of hydrogen-bond donors (Lipinski definition) is 2. The first-order chi connectivity index (χ1) is 11.7. The van der Waals surface area contributed by atoms with Crippen molar-refractivity contribution in [3.8, 4) is 5.75 Å². The van der Waals surface area contributed by atoms with Crippen molar-refractivity contribution in [1.29, 1.82) is 0 Å². The van der Waals surface area contributed by atoms with Crippen LogP contribution in [0.2, 0.25) is 0 Å². The maximum Gasteiger partial charge on any atom is 0.325 e. The van der Waals surface area contributed by atoms with Gasteiger partial charge >= 0.3 is 5.97 Å². The fourth-order valence-corrected chi connectivity index (χ4v) is 3.03. The zero-order chi connectivity index (χ0) is 16.9. The van der Waals surface area contributed by atoms with Crippen molar-refractivity contribution in [2.24, 2.45) is 0 Å². The lowest BCUT2D eigenvalue weighted by atomic mass is 9.87. The lowest BCUT2D eigenvalue weighted by Gasteiger charge is -2.20. The van der Waals surface area contributed by atoms with Crippen LogP contribution in [0.3, 0.4) is 0 Å². The van der Waals surface area contributed by atoms with Crippen molar-refractivity contribution in [3.05, 3.63) is 65.9 Å². The van der Waals surface area contributed by atoms with Crippen LogP contribution in [-0.4, -0.2) is 25.1 Å². The molecule has 0 aliphatic carbocycles. The molecule has 5 nitrogen and oxygen atoms in total. The number of hydroxylamine groups is 1. The summed E-state index contributed by atoms with van der Waals surface area (Å²) in [4.78, 5) is 20.2. The summed E-state index contributed by atoms with van der Waals surface area (Å²) in [6, 6.07) is 15.9. The molecule has 24 heavy (non-hydrogen) atoms. The molecule has 0 saturated heterocycles. The van der Waals surface area contributed by atoms with Crippen LogP contribution in [0.4, 0.5) is 0 Å². The minimum atomic E-state index is -0.319. The summed E-state index contributed by atoms with van der Waals surface area (Å²) in [5.74, 6) is 0.276. The van der Waals surface area contributed by atoms with Crippen molar-refractivity contribution >= 4 is 16.9 Å². The minimum Gasteiger partial charge on any atom is -0.494 e. The highest BCUT2D eigenvalue weighted by atomic mass is 16.7. The number of rotatable bonds is 6. The molecular formula is C19H20N2O3. The van der Waals surface area contributed by atoms with Gasteiger partial charge in [-0.05, 0) is 11.6 Å². The van der Waals surface area contributed by atoms with Crippen LogP contribution >= 0.6 is 0 Å². The Morgan fingerprint density at radius 3 is 2.67 bits per heavy atom. The molecule has 5 heteroatoms. The number of fused-ring (bicyclic) bond motifs is 1. The molecule has 0 aliphatic heterocycles. The highest BCUT2D eigenvalue weighted by Gasteiger charge is 2.24. The molecule has 0 bridgehead atoms. The van der Waals surface area contributed by atoms with Gasteiger partial charge in [-0.25, -0.2) is 0 Å². The average molecular weight is 324 g/mol. The van der Waals surface area contributed by atoms with Gasteiger partial charge in [-0.3, -0.25) is 4.79 Å². The van der Waals surface area contributed by atoms with E-state index in [4.69, 9.17) is 9.57 Å². The summed E-state index contributed by atoms with van der Waals surface area (Å²) < 4.78 is 5.66. The summed E-state index contributed by atoms with van der Waals surface area (Å²) in [5, 5.41) is 1.07. The summed E-state index contributed by atoms with van der Waals surface area (Å²) in [6.45, 7) is 0. The van der Waals surface area contributed by atoms with Gasteiger partial charge in [0, 0.05) is 30.1 Å². The Kier molecular flexibility index (Phi) is 4.82. The number of benzene rings is 2. The molecule has 0 fully saturated rings.